The molecule has 2 fully saturated rings. The van der Waals surface area contributed by atoms with Crippen LogP contribution in [-0.4, -0.2) is 140 Å². The molecule has 0 aromatic carbocycles. The Balaban J connectivity index is 1.77. The third kappa shape index (κ3) is 33.1. The minimum absolute atomic E-state index is 0.250. The van der Waals surface area contributed by atoms with Gasteiger partial charge in [-0.1, -0.05) is 243 Å². The summed E-state index contributed by atoms with van der Waals surface area (Å²) >= 11 is 0. The molecule has 446 valence electrons. The second-order valence-corrected chi connectivity index (χ2v) is 22.2. The summed E-state index contributed by atoms with van der Waals surface area (Å²) in [4.78, 5) is 13.3. The average molecular weight is 1080 g/mol. The van der Waals surface area contributed by atoms with E-state index in [0.29, 0.717) is 12.8 Å². The number of carbonyl (C=O) groups excluding carboxylic acids is 1. The Labute approximate surface area is 461 Å². The van der Waals surface area contributed by atoms with E-state index < -0.39 is 86.8 Å². The Morgan fingerprint density at radius 1 is 0.461 bits per heavy atom. The third-order valence-corrected chi connectivity index (χ3v) is 15.3. The Morgan fingerprint density at radius 3 is 1.29 bits per heavy atom. The maximum absolute atomic E-state index is 13.3. The summed E-state index contributed by atoms with van der Waals surface area (Å²) in [5.74, 6) is -0.250. The molecule has 14 nitrogen and oxygen atoms in total. The maximum Gasteiger partial charge on any atom is 0.220 e. The molecule has 0 bridgehead atoms. The predicted octanol–water partition coefficient (Wildman–Crippen LogP) is 11.0. The fourth-order valence-corrected chi connectivity index (χ4v) is 10.3. The van der Waals surface area contributed by atoms with Crippen LogP contribution in [0.5, 0.6) is 0 Å². The molecule has 76 heavy (non-hydrogen) atoms. The van der Waals surface area contributed by atoms with E-state index in [9.17, 15) is 45.6 Å². The minimum atomic E-state index is -1.79. The van der Waals surface area contributed by atoms with Gasteiger partial charge in [0, 0.05) is 6.42 Å². The van der Waals surface area contributed by atoms with Crippen molar-refractivity contribution >= 4 is 5.91 Å². The molecule has 0 aromatic heterocycles. The lowest BCUT2D eigenvalue weighted by Crippen LogP contribution is -2.65. The van der Waals surface area contributed by atoms with Gasteiger partial charge in [0.2, 0.25) is 5.91 Å². The summed E-state index contributed by atoms with van der Waals surface area (Å²) in [6.07, 6.45) is 41.9. The van der Waals surface area contributed by atoms with Gasteiger partial charge in [-0.2, -0.15) is 0 Å². The monoisotopic (exact) mass is 1080 g/mol. The van der Waals surface area contributed by atoms with Crippen molar-refractivity contribution in [3.63, 3.8) is 0 Å². The Bertz CT molecular complexity index is 1410. The molecule has 2 saturated heterocycles. The van der Waals surface area contributed by atoms with Crippen LogP contribution < -0.4 is 5.32 Å². The number of aliphatic hydroxyl groups is 8. The fourth-order valence-electron chi connectivity index (χ4n) is 10.3. The Morgan fingerprint density at radius 2 is 0.842 bits per heavy atom. The molecule has 14 heteroatoms. The number of nitrogens with one attached hydrogen (secondary N) is 1. The number of hydrogen-bond acceptors (Lipinski definition) is 13. The highest BCUT2D eigenvalue weighted by molar-refractivity contribution is 5.76. The molecule has 0 saturated carbocycles. The van der Waals surface area contributed by atoms with Gasteiger partial charge in [-0.15, -0.1) is 0 Å². The van der Waals surface area contributed by atoms with Gasteiger partial charge in [-0.3, -0.25) is 4.79 Å². The highest BCUT2D eigenvalue weighted by atomic mass is 16.7. The third-order valence-electron chi connectivity index (χ3n) is 15.3. The lowest BCUT2D eigenvalue weighted by atomic mass is 9.97. The number of amides is 1. The highest BCUT2D eigenvalue weighted by Gasteiger charge is 2.51. The lowest BCUT2D eigenvalue weighted by Gasteiger charge is -2.46. The molecule has 12 unspecified atom stereocenters. The molecule has 0 aliphatic carbocycles. The van der Waals surface area contributed by atoms with Crippen molar-refractivity contribution in [2.75, 3.05) is 19.8 Å². The topological polar surface area (TPSA) is 228 Å². The molecule has 12 atom stereocenters. The molecule has 2 heterocycles. The summed E-state index contributed by atoms with van der Waals surface area (Å²) < 4.78 is 22.8. The van der Waals surface area contributed by atoms with E-state index in [1.807, 2.05) is 6.08 Å². The number of unbranched alkanes of at least 4 members (excludes halogenated alkanes) is 33. The number of allylic oxidation sites excluding steroid dienone is 5. The SMILES string of the molecule is CCCCCCCCCCCCCCCCC/C=C/CC/C=C/CC/C=C/C(O)C(COC1OC(CO)C(OC2OC(CO)C(O)C(O)C2O)C(O)C1O)NC(=O)CCCCCCCCCCCCCCCCCCC. The second kappa shape index (κ2) is 48.0. The summed E-state index contributed by atoms with van der Waals surface area (Å²) in [6.45, 7) is 2.80. The maximum atomic E-state index is 13.3. The minimum Gasteiger partial charge on any atom is -0.394 e. The highest BCUT2D eigenvalue weighted by Crippen LogP contribution is 2.30. The zero-order valence-electron chi connectivity index (χ0n) is 48.0. The number of carbonyl (C=O) groups is 1. The van der Waals surface area contributed by atoms with E-state index in [-0.39, 0.29) is 18.9 Å². The Hall–Kier alpha value is -1.79. The molecule has 2 rings (SSSR count). The standard InChI is InChI=1S/C62H115NO13/c1-3-5-7-9-11-13-15-17-19-21-22-23-24-25-26-27-28-30-31-33-35-37-39-41-43-45-51(66)50(63-54(67)46-44-42-40-38-36-34-32-29-20-18-16-14-12-10-8-6-4-2)49-73-61-59(72)57(70)60(53(48-65)75-61)76-62-58(71)56(69)55(68)52(47-64)74-62/h28,30,35,37,43,45,50-53,55-62,64-66,68-72H,3-27,29,31-34,36,38-42,44,46-49H2,1-2H3,(H,63,67)/b30-28+,37-35+,45-43+. The van der Waals surface area contributed by atoms with E-state index in [4.69, 9.17) is 18.9 Å². The van der Waals surface area contributed by atoms with Gasteiger partial charge in [-0.05, 0) is 44.9 Å². The zero-order chi connectivity index (χ0) is 55.3. The predicted molar refractivity (Wildman–Crippen MR) is 305 cm³/mol. The fraction of sp³-hybridized carbons (Fsp3) is 0.887. The second-order valence-electron chi connectivity index (χ2n) is 22.2. The van der Waals surface area contributed by atoms with Crippen LogP contribution >= 0.6 is 0 Å². The summed E-state index contributed by atoms with van der Waals surface area (Å²) in [7, 11) is 0. The lowest BCUT2D eigenvalue weighted by molar-refractivity contribution is -0.359. The summed E-state index contributed by atoms with van der Waals surface area (Å²) in [6, 6.07) is -0.935. The number of rotatable bonds is 50. The van der Waals surface area contributed by atoms with Crippen molar-refractivity contribution < 1.29 is 64.6 Å². The largest absolute Gasteiger partial charge is 0.394 e. The number of hydrogen-bond donors (Lipinski definition) is 9. The van der Waals surface area contributed by atoms with E-state index in [1.54, 1.807) is 6.08 Å². The summed E-state index contributed by atoms with van der Waals surface area (Å²) in [5.41, 5.74) is 0. The first-order valence-electron chi connectivity index (χ1n) is 31.2. The molecule has 2 aliphatic rings. The van der Waals surface area contributed by atoms with Crippen molar-refractivity contribution in [3.05, 3.63) is 36.5 Å². The first-order valence-corrected chi connectivity index (χ1v) is 31.2. The van der Waals surface area contributed by atoms with Crippen LogP contribution in [-0.2, 0) is 23.7 Å². The van der Waals surface area contributed by atoms with Crippen LogP contribution in [0.25, 0.3) is 0 Å². The molecular formula is C62H115NO13. The van der Waals surface area contributed by atoms with Crippen molar-refractivity contribution in [3.8, 4) is 0 Å². The van der Waals surface area contributed by atoms with E-state index in [2.05, 4.69) is 43.5 Å². The van der Waals surface area contributed by atoms with Gasteiger partial charge >= 0.3 is 0 Å². The summed E-state index contributed by atoms with van der Waals surface area (Å²) in [5, 5.41) is 87.1. The van der Waals surface area contributed by atoms with Crippen LogP contribution in [0.4, 0.5) is 0 Å². The van der Waals surface area contributed by atoms with E-state index in [1.165, 1.54) is 180 Å². The first kappa shape index (κ1) is 70.3. The van der Waals surface area contributed by atoms with Crippen molar-refractivity contribution in [1.82, 2.24) is 5.32 Å². The van der Waals surface area contributed by atoms with Gasteiger partial charge in [0.25, 0.3) is 0 Å². The Kier molecular flexibility index (Phi) is 44.4. The molecule has 0 radical (unpaired) electrons. The van der Waals surface area contributed by atoms with Gasteiger partial charge in [-0.25, -0.2) is 0 Å². The normalized spacial score (nSPS) is 25.1. The quantitative estimate of drug-likeness (QED) is 0.0204. The van der Waals surface area contributed by atoms with Crippen LogP contribution in [0, 0.1) is 0 Å². The molecule has 0 aromatic rings. The molecule has 2 aliphatic heterocycles. The average Bonchev–Trinajstić information content (AvgIpc) is 3.42. The molecular weight excluding hydrogens is 967 g/mol. The first-order chi connectivity index (χ1) is 37.1. The smallest absolute Gasteiger partial charge is 0.220 e. The number of ether oxygens (including phenoxy) is 4. The molecule has 1 amide bonds. The van der Waals surface area contributed by atoms with Crippen LogP contribution in [0.1, 0.15) is 258 Å². The number of aliphatic hydroxyl groups excluding tert-OH is 8. The molecule has 0 spiro atoms. The van der Waals surface area contributed by atoms with Gasteiger partial charge < -0.3 is 65.1 Å². The van der Waals surface area contributed by atoms with E-state index >= 15 is 0 Å². The van der Waals surface area contributed by atoms with Gasteiger partial charge in [0.15, 0.2) is 12.6 Å². The molecule has 9 N–H and O–H groups in total. The van der Waals surface area contributed by atoms with Crippen molar-refractivity contribution in [2.45, 2.75) is 331 Å². The van der Waals surface area contributed by atoms with Gasteiger partial charge in [0.05, 0.1) is 32.0 Å². The van der Waals surface area contributed by atoms with Crippen LogP contribution in [0.3, 0.4) is 0 Å². The van der Waals surface area contributed by atoms with Crippen LogP contribution in [0.15, 0.2) is 36.5 Å². The zero-order valence-corrected chi connectivity index (χ0v) is 48.0. The van der Waals surface area contributed by atoms with E-state index in [0.717, 1.165) is 44.9 Å². The van der Waals surface area contributed by atoms with Crippen molar-refractivity contribution in [1.29, 1.82) is 0 Å². The van der Waals surface area contributed by atoms with Gasteiger partial charge in [0.1, 0.15) is 48.8 Å². The van der Waals surface area contributed by atoms with Crippen LogP contribution in [0.2, 0.25) is 0 Å². The van der Waals surface area contributed by atoms with Crippen molar-refractivity contribution in [2.24, 2.45) is 0 Å².